The number of allylic oxidation sites excluding steroid dienone is 2. The van der Waals surface area contributed by atoms with Crippen molar-refractivity contribution in [3.8, 4) is 0 Å². The van der Waals surface area contributed by atoms with Crippen molar-refractivity contribution in [2.75, 3.05) is 37.8 Å². The van der Waals surface area contributed by atoms with Crippen LogP contribution in [0.1, 0.15) is 110 Å². The van der Waals surface area contributed by atoms with E-state index in [0.29, 0.717) is 12.2 Å². The number of amides is 2. The number of carbonyl (C=O) groups excluding carboxylic acids is 3. The van der Waals surface area contributed by atoms with Gasteiger partial charge in [-0.15, -0.1) is 0 Å². The fourth-order valence-corrected chi connectivity index (χ4v) is 9.90. The first-order valence-electron chi connectivity index (χ1n) is 21.3. The van der Waals surface area contributed by atoms with Gasteiger partial charge in [-0.05, 0) is 32.1 Å². The molecule has 24 nitrogen and oxygen atoms in total. The summed E-state index contributed by atoms with van der Waals surface area (Å²) in [4.78, 5) is 88.2. The third-order valence-electron chi connectivity index (χ3n) is 9.91. The minimum Gasteiger partial charge on any atom is -0.386 e. The zero-order chi connectivity index (χ0) is 48.3. The minimum atomic E-state index is -5.57. The number of carbonyl (C=O) groups is 3. The lowest BCUT2D eigenvalue weighted by molar-refractivity contribution is -0.137. The highest BCUT2D eigenvalue weighted by Crippen LogP contribution is 2.61. The normalized spacial score (nSPS) is 20.4. The summed E-state index contributed by atoms with van der Waals surface area (Å²) >= 11 is 1.15. The van der Waals surface area contributed by atoms with Gasteiger partial charge in [0.05, 0.1) is 19.5 Å². The number of hydrogen-bond donors (Lipinski definition) is 9. The molecular formula is C37H64N7O17P3S. The highest BCUT2D eigenvalue weighted by atomic mass is 32.2. The Morgan fingerprint density at radius 3 is 2.25 bits per heavy atom. The number of nitrogens with zero attached hydrogens (tertiary/aromatic N) is 4. The number of phosphoric acid groups is 3. The van der Waals surface area contributed by atoms with Gasteiger partial charge in [0.1, 0.15) is 36.3 Å². The van der Waals surface area contributed by atoms with E-state index in [9.17, 15) is 57.9 Å². The number of nitrogens with one attached hydrogen (secondary N) is 2. The van der Waals surface area contributed by atoms with E-state index in [0.717, 1.165) is 73.9 Å². The van der Waals surface area contributed by atoms with Crippen LogP contribution in [0.3, 0.4) is 0 Å². The molecule has 1 aliphatic rings. The summed E-state index contributed by atoms with van der Waals surface area (Å²) in [6, 6.07) is 0. The molecule has 1 fully saturated rings. The fraction of sp³-hybridized carbons (Fsp3) is 0.730. The van der Waals surface area contributed by atoms with Gasteiger partial charge in [0.2, 0.25) is 11.8 Å². The third-order valence-corrected chi connectivity index (χ3v) is 13.9. The number of ether oxygens (including phenoxy) is 1. The summed E-state index contributed by atoms with van der Waals surface area (Å²) in [5.41, 5.74) is 4.28. The first-order valence-corrected chi connectivity index (χ1v) is 26.8. The van der Waals surface area contributed by atoms with Gasteiger partial charge in [-0.2, -0.15) is 4.31 Å². The third kappa shape index (κ3) is 20.6. The molecule has 0 radical (unpaired) electrons. The van der Waals surface area contributed by atoms with Crippen LogP contribution in [-0.4, -0.2) is 123 Å². The maximum atomic E-state index is 12.7. The second kappa shape index (κ2) is 27.3. The molecule has 0 spiro atoms. The molecule has 1 aliphatic heterocycles. The number of anilines is 1. The summed E-state index contributed by atoms with van der Waals surface area (Å²) < 4.78 is 62.4. The van der Waals surface area contributed by atoms with Gasteiger partial charge in [-0.1, -0.05) is 83.2 Å². The van der Waals surface area contributed by atoms with Crippen LogP contribution >= 0.6 is 35.2 Å². The number of imidazole rings is 1. The average molecular weight is 1000 g/mol. The number of hydrogen-bond acceptors (Lipinski definition) is 18. The van der Waals surface area contributed by atoms with Crippen molar-refractivity contribution in [1.82, 2.24) is 30.2 Å². The number of thioether (sulfide) groups is 1. The zero-order valence-corrected chi connectivity index (χ0v) is 40.2. The number of aromatic nitrogens is 4. The van der Waals surface area contributed by atoms with Crippen LogP contribution in [0.4, 0.5) is 5.82 Å². The number of nitrogens with two attached hydrogens (primary N) is 1. The molecule has 370 valence electrons. The number of aliphatic hydroxyl groups is 2. The lowest BCUT2D eigenvalue weighted by atomic mass is 9.87. The molecule has 2 aromatic rings. The molecule has 7 atom stereocenters. The molecule has 2 aromatic heterocycles. The number of nitrogen functional groups attached to an aromatic ring is 1. The van der Waals surface area contributed by atoms with E-state index >= 15 is 0 Å². The first-order chi connectivity index (χ1) is 30.6. The number of unbranched alkanes of at least 4 members (excludes halogenated alkanes) is 9. The average Bonchev–Trinajstić information content (AvgIpc) is 3.79. The standard InChI is InChI=1S/C37H64N7O17P3S/c1-4-5-6-7-8-9-10-11-12-13-14-15-16-17-28(46)65-21-20-39-27(45)18-19-40-35(49)32(48)37(2,3)23-58-64(55,56)61-63(53,54)57-22-26-31(60-62(50,51)52)30(47)36(59-26)44-25-43-29-33(38)41-24-42-34(29)44/h9-10,24-26,30-32,36,47-48H,4-8,11-23H2,1-3H3,(H,39,45)(H,40,49)(H,53,54)(H,55,56)(H2,38,41,42)(H2,50,51,52)/b10-9-/t26-,30?,31+,32+,36-/m1/s1. The van der Waals surface area contributed by atoms with E-state index in [-0.39, 0.29) is 41.6 Å². The molecule has 10 N–H and O–H groups in total. The van der Waals surface area contributed by atoms with Crippen LogP contribution in [0, 0.1) is 5.41 Å². The van der Waals surface area contributed by atoms with Gasteiger partial charge in [-0.3, -0.25) is 32.5 Å². The van der Waals surface area contributed by atoms with Crippen LogP contribution in [0.5, 0.6) is 0 Å². The Kier molecular flexibility index (Phi) is 23.8. The summed E-state index contributed by atoms with van der Waals surface area (Å²) in [5.74, 6) is -1.03. The molecule has 3 unspecified atom stereocenters. The van der Waals surface area contributed by atoms with Gasteiger partial charge in [-0.25, -0.2) is 28.6 Å². The van der Waals surface area contributed by atoms with Crippen molar-refractivity contribution in [3.63, 3.8) is 0 Å². The predicted octanol–water partition coefficient (Wildman–Crippen LogP) is 3.92. The van der Waals surface area contributed by atoms with Crippen LogP contribution in [0.15, 0.2) is 24.8 Å². The molecule has 28 heteroatoms. The highest BCUT2D eigenvalue weighted by molar-refractivity contribution is 8.13. The Hall–Kier alpha value is -2.70. The predicted molar refractivity (Wildman–Crippen MR) is 237 cm³/mol. The molecule has 0 bridgehead atoms. The topological polar surface area (TPSA) is 364 Å². The molecule has 0 aliphatic carbocycles. The van der Waals surface area contributed by atoms with Crippen molar-refractivity contribution in [1.29, 1.82) is 0 Å². The van der Waals surface area contributed by atoms with E-state index < -0.39 is 84.6 Å². The lowest BCUT2D eigenvalue weighted by Crippen LogP contribution is -2.46. The summed E-state index contributed by atoms with van der Waals surface area (Å²) in [5, 5.41) is 26.6. The van der Waals surface area contributed by atoms with Crippen LogP contribution in [0.25, 0.3) is 11.2 Å². The summed E-state index contributed by atoms with van der Waals surface area (Å²) in [6.07, 6.45) is 10.7. The largest absolute Gasteiger partial charge is 0.481 e. The second-order valence-electron chi connectivity index (χ2n) is 15.9. The monoisotopic (exact) mass is 1000 g/mol. The second-order valence-corrected chi connectivity index (χ2v) is 21.3. The Morgan fingerprint density at radius 1 is 0.923 bits per heavy atom. The molecule has 65 heavy (non-hydrogen) atoms. The Labute approximate surface area is 381 Å². The van der Waals surface area contributed by atoms with E-state index in [2.05, 4.69) is 53.5 Å². The van der Waals surface area contributed by atoms with Crippen molar-refractivity contribution < 1.29 is 80.5 Å². The van der Waals surface area contributed by atoms with E-state index in [1.807, 2.05) is 0 Å². The highest BCUT2D eigenvalue weighted by Gasteiger charge is 2.50. The van der Waals surface area contributed by atoms with Crippen molar-refractivity contribution in [2.45, 2.75) is 135 Å². The number of fused-ring (bicyclic) bond motifs is 1. The lowest BCUT2D eigenvalue weighted by Gasteiger charge is -2.30. The van der Waals surface area contributed by atoms with Crippen molar-refractivity contribution >= 4 is 69.1 Å². The van der Waals surface area contributed by atoms with E-state index in [1.54, 1.807) is 0 Å². The summed E-state index contributed by atoms with van der Waals surface area (Å²) in [6.45, 7) is 2.77. The SMILES string of the molecule is CCCCCC/C=C\CCCCCCCC(=O)SCCNC(=O)CCNC(=O)[C@H](O)C(C)(C)COP(=O)(O)OP(=O)(O)OC[C@H]1O[C@@H](n2cnc3c(N)ncnc32)C(O)[C@H]1OP(=O)(O)O. The fourth-order valence-electron chi connectivity index (χ4n) is 6.35. The van der Waals surface area contributed by atoms with Crippen molar-refractivity contribution in [2.24, 2.45) is 5.41 Å². The number of phosphoric ester groups is 3. The Balaban J connectivity index is 1.33. The molecular weight excluding hydrogens is 939 g/mol. The van der Waals surface area contributed by atoms with Gasteiger partial charge >= 0.3 is 23.5 Å². The summed E-state index contributed by atoms with van der Waals surface area (Å²) in [7, 11) is -16.4. The number of rotatable bonds is 32. The Bertz CT molecular complexity index is 2010. The molecule has 0 saturated carbocycles. The van der Waals surface area contributed by atoms with Crippen LogP contribution in [-0.2, 0) is 50.7 Å². The molecule has 3 rings (SSSR count). The molecule has 3 heterocycles. The van der Waals surface area contributed by atoms with Crippen molar-refractivity contribution in [3.05, 3.63) is 24.8 Å². The molecule has 1 saturated heterocycles. The first kappa shape index (κ1) is 56.6. The van der Waals surface area contributed by atoms with Gasteiger partial charge in [0.15, 0.2) is 22.8 Å². The Morgan fingerprint density at radius 2 is 1.57 bits per heavy atom. The van der Waals surface area contributed by atoms with E-state index in [4.69, 9.17) is 19.5 Å². The smallest absolute Gasteiger partial charge is 0.386 e. The van der Waals surface area contributed by atoms with Gasteiger partial charge in [0, 0.05) is 37.1 Å². The molecule has 0 aromatic carbocycles. The minimum absolute atomic E-state index is 0.0328. The van der Waals surface area contributed by atoms with E-state index in [1.165, 1.54) is 39.5 Å². The van der Waals surface area contributed by atoms with Gasteiger partial charge in [0.25, 0.3) is 0 Å². The van der Waals surface area contributed by atoms with Crippen LogP contribution in [0.2, 0.25) is 0 Å². The van der Waals surface area contributed by atoms with Crippen LogP contribution < -0.4 is 16.4 Å². The number of aliphatic hydroxyl groups excluding tert-OH is 2. The quantitative estimate of drug-likeness (QED) is 0.0285. The van der Waals surface area contributed by atoms with Gasteiger partial charge < -0.3 is 50.9 Å². The maximum Gasteiger partial charge on any atom is 0.481 e. The zero-order valence-electron chi connectivity index (χ0n) is 36.7. The molecule has 2 amide bonds. The maximum absolute atomic E-state index is 12.7.